The Labute approximate surface area is 125 Å². The first kappa shape index (κ1) is 13.9. The molecule has 2 aromatic rings. The highest BCUT2D eigenvalue weighted by atomic mass is 15.3. The Morgan fingerprint density at radius 2 is 2.05 bits per heavy atom. The normalized spacial score (nSPS) is 17.0. The highest BCUT2D eigenvalue weighted by Crippen LogP contribution is 2.26. The van der Waals surface area contributed by atoms with Gasteiger partial charge in [0.25, 0.3) is 0 Å². The van der Waals surface area contributed by atoms with E-state index in [4.69, 9.17) is 4.98 Å². The first-order valence-corrected chi connectivity index (χ1v) is 7.39. The largest absolute Gasteiger partial charge is 0.367 e. The number of fused-ring (bicyclic) bond motifs is 1. The lowest BCUT2D eigenvalue weighted by Crippen LogP contribution is -2.44. The molecule has 3 rings (SSSR count). The summed E-state index contributed by atoms with van der Waals surface area (Å²) in [5.74, 6) is 0.884. The van der Waals surface area contributed by atoms with Crippen LogP contribution >= 0.6 is 0 Å². The number of nitrogens with one attached hydrogen (secondary N) is 1. The number of aromatic nitrogens is 2. The molecular weight excluding hydrogens is 260 g/mol. The van der Waals surface area contributed by atoms with Gasteiger partial charge in [-0.3, -0.25) is 0 Å². The fraction of sp³-hybridized carbons (Fsp3) is 0.353. The number of hydrogen-bond donors (Lipinski definition) is 1. The van der Waals surface area contributed by atoms with Gasteiger partial charge in [0.2, 0.25) is 0 Å². The van der Waals surface area contributed by atoms with Gasteiger partial charge in [0, 0.05) is 26.2 Å². The van der Waals surface area contributed by atoms with Crippen LogP contribution in [0, 0.1) is 0 Å². The molecule has 1 aromatic carbocycles. The van der Waals surface area contributed by atoms with Crippen LogP contribution in [0.1, 0.15) is 12.7 Å². The van der Waals surface area contributed by atoms with Gasteiger partial charge in [-0.05, 0) is 32.2 Å². The van der Waals surface area contributed by atoms with Crippen molar-refractivity contribution in [3.8, 4) is 0 Å². The molecule has 110 valence electrons. The lowest BCUT2D eigenvalue weighted by Gasteiger charge is -2.34. The predicted molar refractivity (Wildman–Crippen MR) is 89.7 cm³/mol. The lowest BCUT2D eigenvalue weighted by atomic mass is 10.2. The molecular formula is C17H22N4. The minimum absolute atomic E-state index is 0.884. The summed E-state index contributed by atoms with van der Waals surface area (Å²) in [6.07, 6.45) is 3.96. The third-order valence-corrected chi connectivity index (χ3v) is 3.88. The number of hydrogen-bond acceptors (Lipinski definition) is 3. The van der Waals surface area contributed by atoms with E-state index in [9.17, 15) is 0 Å². The summed E-state index contributed by atoms with van der Waals surface area (Å²) in [5, 5.41) is 0. The number of piperazine rings is 1. The monoisotopic (exact) mass is 282 g/mol. The summed E-state index contributed by atoms with van der Waals surface area (Å²) >= 11 is 0. The molecule has 1 aliphatic heterocycles. The summed E-state index contributed by atoms with van der Waals surface area (Å²) in [6.45, 7) is 10.2. The highest BCUT2D eigenvalue weighted by Gasteiger charge is 2.17. The molecule has 0 unspecified atom stereocenters. The molecule has 0 radical (unpaired) electrons. The van der Waals surface area contributed by atoms with E-state index in [1.54, 1.807) is 0 Å². The summed E-state index contributed by atoms with van der Waals surface area (Å²) in [4.78, 5) is 12.9. The van der Waals surface area contributed by atoms with Gasteiger partial charge in [-0.1, -0.05) is 24.3 Å². The van der Waals surface area contributed by atoms with E-state index in [-0.39, 0.29) is 0 Å². The number of H-pyrrole nitrogens is 1. The van der Waals surface area contributed by atoms with E-state index in [0.29, 0.717) is 0 Å². The van der Waals surface area contributed by atoms with Gasteiger partial charge in [0.1, 0.15) is 11.3 Å². The Morgan fingerprint density at radius 3 is 2.76 bits per heavy atom. The summed E-state index contributed by atoms with van der Waals surface area (Å²) < 4.78 is 0. The fourth-order valence-electron chi connectivity index (χ4n) is 2.64. The first-order valence-electron chi connectivity index (χ1n) is 7.39. The molecule has 2 heterocycles. The van der Waals surface area contributed by atoms with Gasteiger partial charge in [0.05, 0.1) is 11.2 Å². The molecule has 4 nitrogen and oxygen atoms in total. The Balaban J connectivity index is 1.94. The Hall–Kier alpha value is -2.07. The maximum Gasteiger partial charge on any atom is 0.131 e. The minimum Gasteiger partial charge on any atom is -0.367 e. The maximum absolute atomic E-state index is 4.74. The maximum atomic E-state index is 4.74. The third-order valence-electron chi connectivity index (χ3n) is 3.88. The molecule has 4 heteroatoms. The van der Waals surface area contributed by atoms with Crippen molar-refractivity contribution in [2.75, 3.05) is 38.1 Å². The van der Waals surface area contributed by atoms with E-state index in [1.807, 2.05) is 19.1 Å². The van der Waals surface area contributed by atoms with Crippen molar-refractivity contribution < 1.29 is 0 Å². The number of para-hydroxylation sites is 1. The van der Waals surface area contributed by atoms with Crippen LogP contribution in [0.3, 0.4) is 0 Å². The summed E-state index contributed by atoms with van der Waals surface area (Å²) in [7, 11) is 2.17. The number of benzene rings is 1. The van der Waals surface area contributed by atoms with E-state index in [1.165, 1.54) is 5.69 Å². The van der Waals surface area contributed by atoms with Crippen molar-refractivity contribution in [2.24, 2.45) is 0 Å². The highest BCUT2D eigenvalue weighted by molar-refractivity contribution is 5.89. The first-order chi connectivity index (χ1) is 10.1. The molecule has 1 N–H and O–H groups in total. The van der Waals surface area contributed by atoms with Gasteiger partial charge in [0.15, 0.2) is 0 Å². The van der Waals surface area contributed by atoms with E-state index >= 15 is 0 Å². The van der Waals surface area contributed by atoms with Crippen molar-refractivity contribution in [1.82, 2.24) is 14.9 Å². The Kier molecular flexibility index (Phi) is 3.80. The van der Waals surface area contributed by atoms with Crippen molar-refractivity contribution >= 4 is 22.8 Å². The molecule has 1 aromatic heterocycles. The van der Waals surface area contributed by atoms with Gasteiger partial charge in [-0.15, -0.1) is 0 Å². The lowest BCUT2D eigenvalue weighted by molar-refractivity contribution is 0.313. The second-order valence-electron chi connectivity index (χ2n) is 5.77. The van der Waals surface area contributed by atoms with Crippen LogP contribution < -0.4 is 4.90 Å². The average Bonchev–Trinajstić information content (AvgIpc) is 2.89. The van der Waals surface area contributed by atoms with Gasteiger partial charge >= 0.3 is 0 Å². The molecule has 21 heavy (non-hydrogen) atoms. The molecule has 1 saturated heterocycles. The van der Waals surface area contributed by atoms with E-state index in [0.717, 1.165) is 48.6 Å². The molecule has 0 spiro atoms. The van der Waals surface area contributed by atoms with Crippen molar-refractivity contribution in [2.45, 2.75) is 6.92 Å². The number of aromatic amines is 1. The molecule has 1 aliphatic rings. The Bertz CT molecular complexity index is 675. The zero-order valence-electron chi connectivity index (χ0n) is 12.8. The molecule has 0 saturated carbocycles. The third kappa shape index (κ3) is 3.00. The smallest absolute Gasteiger partial charge is 0.131 e. The number of anilines is 1. The van der Waals surface area contributed by atoms with Crippen LogP contribution in [0.25, 0.3) is 17.1 Å². The van der Waals surface area contributed by atoms with Gasteiger partial charge in [-0.25, -0.2) is 4.98 Å². The fourth-order valence-corrected chi connectivity index (χ4v) is 2.64. The molecule has 1 fully saturated rings. The predicted octanol–water partition coefficient (Wildman–Crippen LogP) is 2.90. The summed E-state index contributed by atoms with van der Waals surface area (Å²) in [6, 6.07) is 6.35. The van der Waals surface area contributed by atoms with E-state index < -0.39 is 0 Å². The average molecular weight is 282 g/mol. The van der Waals surface area contributed by atoms with Crippen LogP contribution in [-0.2, 0) is 0 Å². The van der Waals surface area contributed by atoms with E-state index in [2.05, 4.69) is 46.6 Å². The number of rotatable bonds is 3. The number of imidazole rings is 1. The second kappa shape index (κ2) is 5.74. The summed E-state index contributed by atoms with van der Waals surface area (Å²) in [5.41, 5.74) is 4.40. The molecule has 0 bridgehead atoms. The standard InChI is InChI=1S/C17H22N4/c1-13(2)7-8-16-18-14-5-4-6-15(17(14)19-16)21-11-9-20(3)10-12-21/h4-8H,1,9-12H2,2-3H3,(H,18,19)/b8-7+. The van der Waals surface area contributed by atoms with Crippen molar-refractivity contribution in [3.63, 3.8) is 0 Å². The van der Waals surface area contributed by atoms with Gasteiger partial charge < -0.3 is 14.8 Å². The van der Waals surface area contributed by atoms with Crippen LogP contribution in [0.5, 0.6) is 0 Å². The quantitative estimate of drug-likeness (QED) is 0.879. The van der Waals surface area contributed by atoms with Crippen LogP contribution in [0.2, 0.25) is 0 Å². The zero-order valence-corrected chi connectivity index (χ0v) is 12.8. The van der Waals surface area contributed by atoms with Crippen LogP contribution in [0.15, 0.2) is 36.4 Å². The van der Waals surface area contributed by atoms with Crippen LogP contribution in [0.4, 0.5) is 5.69 Å². The molecule has 0 aliphatic carbocycles. The molecule has 0 amide bonds. The zero-order chi connectivity index (χ0) is 14.8. The minimum atomic E-state index is 0.884. The van der Waals surface area contributed by atoms with Crippen molar-refractivity contribution in [1.29, 1.82) is 0 Å². The SMILES string of the molecule is C=C(C)/C=C/c1nc2c(N3CCN(C)CC3)cccc2[nH]1. The van der Waals surface area contributed by atoms with Crippen molar-refractivity contribution in [3.05, 3.63) is 42.3 Å². The molecule has 0 atom stereocenters. The Morgan fingerprint density at radius 1 is 1.29 bits per heavy atom. The van der Waals surface area contributed by atoms with Gasteiger partial charge in [-0.2, -0.15) is 0 Å². The number of likely N-dealkylation sites (N-methyl/N-ethyl adjacent to an activating group) is 1. The number of allylic oxidation sites excluding steroid dienone is 2. The second-order valence-corrected chi connectivity index (χ2v) is 5.77. The van der Waals surface area contributed by atoms with Crippen LogP contribution in [-0.4, -0.2) is 48.1 Å². The topological polar surface area (TPSA) is 35.2 Å². The number of nitrogens with zero attached hydrogens (tertiary/aromatic N) is 3.